The molecule has 0 amide bonds. The summed E-state index contributed by atoms with van der Waals surface area (Å²) in [5.41, 5.74) is 11.1. The van der Waals surface area contributed by atoms with Crippen molar-refractivity contribution in [2.45, 2.75) is 20.8 Å². The van der Waals surface area contributed by atoms with Crippen LogP contribution in [0.4, 0.5) is 0 Å². The van der Waals surface area contributed by atoms with E-state index < -0.39 is 0 Å². The van der Waals surface area contributed by atoms with E-state index >= 15 is 0 Å². The summed E-state index contributed by atoms with van der Waals surface area (Å²) in [6, 6.07) is 26.7. The fourth-order valence-corrected chi connectivity index (χ4v) is 10.4. The number of hydrogen-bond donors (Lipinski definition) is 0. The lowest BCUT2D eigenvalue weighted by molar-refractivity contribution is 0.673. The lowest BCUT2D eigenvalue weighted by Gasteiger charge is -2.08. The monoisotopic (exact) mass is 583 g/mol. The highest BCUT2D eigenvalue weighted by atomic mass is 32.1. The van der Waals surface area contributed by atoms with Crippen LogP contribution in [0.1, 0.15) is 16.7 Å². The maximum Gasteiger partial charge on any atom is 0.171 e. The Morgan fingerprint density at radius 3 is 2.02 bits per heavy atom. The van der Waals surface area contributed by atoms with Crippen molar-refractivity contribution >= 4 is 117 Å². The smallest absolute Gasteiger partial charge is 0.171 e. The van der Waals surface area contributed by atoms with E-state index in [0.717, 1.165) is 38.9 Å². The summed E-state index contributed by atoms with van der Waals surface area (Å²) in [7, 11) is 0. The topological polar surface area (TPSA) is 31.2 Å². The Morgan fingerprint density at radius 1 is 0.488 bits per heavy atom. The van der Waals surface area contributed by atoms with Crippen molar-refractivity contribution in [3.63, 3.8) is 0 Å². The molecule has 0 aliphatic rings. The highest BCUT2D eigenvalue weighted by Gasteiger charge is 2.25. The van der Waals surface area contributed by atoms with Crippen LogP contribution in [0.2, 0.25) is 0 Å². The SMILES string of the molecule is Cc1ccc(-n2c3c4ccc(C)cc4oc3c3sc4cc5c(cc4c32)oc2c5sc3c4ccc(C)cc4sc23)cc1. The quantitative estimate of drug-likeness (QED) is 0.192. The Balaban J connectivity index is 1.33. The standard InChI is InChI=1S/C35H21NO2S3/c1-16-4-8-19(9-5-16)36-28-20-10-6-17(2)12-24(20)37-30(28)34-29(36)23-14-25-22(15-27(23)39-34)32-31(38-25)35-33(41-32)21-11-7-18(3)13-26(21)40-35/h4-15H,1-3H3. The van der Waals surface area contributed by atoms with Gasteiger partial charge in [0, 0.05) is 36.6 Å². The van der Waals surface area contributed by atoms with Crippen LogP contribution in [0, 0.1) is 20.8 Å². The Morgan fingerprint density at radius 2 is 1.17 bits per heavy atom. The highest BCUT2D eigenvalue weighted by Crippen LogP contribution is 2.51. The van der Waals surface area contributed by atoms with Gasteiger partial charge < -0.3 is 13.4 Å². The van der Waals surface area contributed by atoms with Gasteiger partial charge in [-0.2, -0.15) is 0 Å². The van der Waals surface area contributed by atoms with E-state index in [9.17, 15) is 0 Å². The van der Waals surface area contributed by atoms with E-state index in [1.165, 1.54) is 66.6 Å². The van der Waals surface area contributed by atoms with Gasteiger partial charge in [-0.05, 0) is 74.4 Å². The van der Waals surface area contributed by atoms with Gasteiger partial charge in [0.05, 0.1) is 24.3 Å². The third-order valence-corrected chi connectivity index (χ3v) is 12.1. The van der Waals surface area contributed by atoms with Gasteiger partial charge in [0.15, 0.2) is 11.2 Å². The maximum absolute atomic E-state index is 6.68. The number of aromatic nitrogens is 1. The molecule has 0 bridgehead atoms. The minimum atomic E-state index is 0.937. The Hall–Kier alpha value is -4.10. The van der Waals surface area contributed by atoms with Gasteiger partial charge in [-0.3, -0.25) is 0 Å². The van der Waals surface area contributed by atoms with Gasteiger partial charge in [-0.15, -0.1) is 34.0 Å². The molecule has 6 heterocycles. The van der Waals surface area contributed by atoms with Crippen LogP contribution in [-0.4, -0.2) is 4.57 Å². The van der Waals surface area contributed by atoms with E-state index in [-0.39, 0.29) is 0 Å². The van der Waals surface area contributed by atoms with Crippen LogP contribution < -0.4 is 0 Å². The lowest BCUT2D eigenvalue weighted by atomic mass is 10.1. The summed E-state index contributed by atoms with van der Waals surface area (Å²) in [4.78, 5) is 0. The fourth-order valence-electron chi connectivity index (χ4n) is 6.44. The molecule has 0 N–H and O–H groups in total. The molecule has 0 atom stereocenters. The summed E-state index contributed by atoms with van der Waals surface area (Å²) in [6.45, 7) is 6.41. The molecule has 3 nitrogen and oxygen atoms in total. The lowest BCUT2D eigenvalue weighted by Crippen LogP contribution is -1.93. The number of fused-ring (bicyclic) bond motifs is 14. The molecule has 0 aliphatic heterocycles. The Labute approximate surface area is 245 Å². The van der Waals surface area contributed by atoms with Crippen LogP contribution in [0.3, 0.4) is 0 Å². The number of furan rings is 2. The molecule has 0 fully saturated rings. The minimum Gasteiger partial charge on any atom is -0.454 e. The summed E-state index contributed by atoms with van der Waals surface area (Å²) in [6.07, 6.45) is 0. The number of nitrogens with zero attached hydrogens (tertiary/aromatic N) is 1. The van der Waals surface area contributed by atoms with Gasteiger partial charge in [0.25, 0.3) is 0 Å². The molecule has 0 radical (unpaired) electrons. The molecule has 6 heteroatoms. The number of thiophene rings is 3. The van der Waals surface area contributed by atoms with Crippen LogP contribution in [-0.2, 0) is 0 Å². The third kappa shape index (κ3) is 2.87. The first-order valence-corrected chi connectivity index (χ1v) is 16.1. The van der Waals surface area contributed by atoms with Crippen molar-refractivity contribution in [3.05, 3.63) is 89.5 Å². The van der Waals surface area contributed by atoms with Gasteiger partial charge in [0.2, 0.25) is 0 Å². The second kappa shape index (κ2) is 7.59. The zero-order valence-electron chi connectivity index (χ0n) is 22.4. The summed E-state index contributed by atoms with van der Waals surface area (Å²) >= 11 is 5.53. The predicted molar refractivity (Wildman–Crippen MR) is 178 cm³/mol. The number of aryl methyl sites for hydroxylation is 3. The van der Waals surface area contributed by atoms with Crippen molar-refractivity contribution < 1.29 is 8.83 Å². The maximum atomic E-state index is 6.68. The molecule has 0 unspecified atom stereocenters. The molecule has 0 aliphatic carbocycles. The second-order valence-corrected chi connectivity index (χ2v) is 14.3. The summed E-state index contributed by atoms with van der Waals surface area (Å²) in [5, 5.41) is 4.88. The molecule has 6 aromatic heterocycles. The molecule has 196 valence electrons. The highest BCUT2D eigenvalue weighted by molar-refractivity contribution is 7.37. The van der Waals surface area contributed by atoms with Crippen LogP contribution >= 0.6 is 34.0 Å². The first kappa shape index (κ1) is 22.6. The molecular formula is C35H21NO2S3. The van der Waals surface area contributed by atoms with E-state index in [0.29, 0.717) is 0 Å². The van der Waals surface area contributed by atoms with Gasteiger partial charge in [0.1, 0.15) is 16.7 Å². The molecule has 41 heavy (non-hydrogen) atoms. The molecule has 10 rings (SSSR count). The number of rotatable bonds is 1. The average Bonchev–Trinajstić information content (AvgIpc) is 3.76. The fraction of sp³-hybridized carbons (Fsp3) is 0.0857. The normalized spacial score (nSPS) is 12.8. The average molecular weight is 584 g/mol. The van der Waals surface area contributed by atoms with Crippen LogP contribution in [0.25, 0.3) is 88.8 Å². The van der Waals surface area contributed by atoms with Gasteiger partial charge in [-0.1, -0.05) is 35.9 Å². The number of benzene rings is 4. The first-order chi connectivity index (χ1) is 20.0. The Bertz CT molecular complexity index is 2720. The van der Waals surface area contributed by atoms with Crippen molar-refractivity contribution in [1.29, 1.82) is 0 Å². The summed E-state index contributed by atoms with van der Waals surface area (Å²) < 4.78 is 23.3. The van der Waals surface area contributed by atoms with Crippen LogP contribution in [0.15, 0.2) is 81.6 Å². The predicted octanol–water partition coefficient (Wildman–Crippen LogP) is 12.0. The molecule has 0 saturated heterocycles. The van der Waals surface area contributed by atoms with Crippen LogP contribution in [0.5, 0.6) is 0 Å². The Kier molecular flexibility index (Phi) is 4.18. The minimum absolute atomic E-state index is 0.937. The van der Waals surface area contributed by atoms with E-state index in [4.69, 9.17) is 8.83 Å². The van der Waals surface area contributed by atoms with Crippen molar-refractivity contribution in [2.75, 3.05) is 0 Å². The number of hydrogen-bond acceptors (Lipinski definition) is 5. The largest absolute Gasteiger partial charge is 0.454 e. The molecule has 10 aromatic rings. The summed E-state index contributed by atoms with van der Waals surface area (Å²) in [5.74, 6) is 0. The van der Waals surface area contributed by atoms with Crippen molar-refractivity contribution in [3.8, 4) is 5.69 Å². The molecular weight excluding hydrogens is 563 g/mol. The zero-order chi connectivity index (χ0) is 27.1. The van der Waals surface area contributed by atoms with E-state index in [2.05, 4.69) is 98.1 Å². The van der Waals surface area contributed by atoms with Crippen molar-refractivity contribution in [1.82, 2.24) is 4.57 Å². The molecule has 0 saturated carbocycles. The molecule has 4 aromatic carbocycles. The zero-order valence-corrected chi connectivity index (χ0v) is 24.9. The van der Waals surface area contributed by atoms with Gasteiger partial charge >= 0.3 is 0 Å². The molecule has 0 spiro atoms. The van der Waals surface area contributed by atoms with E-state index in [1.54, 1.807) is 0 Å². The third-order valence-electron chi connectivity index (χ3n) is 8.40. The van der Waals surface area contributed by atoms with E-state index in [1.807, 2.05) is 34.0 Å². The van der Waals surface area contributed by atoms with Crippen molar-refractivity contribution in [2.24, 2.45) is 0 Å². The second-order valence-electron chi connectivity index (χ2n) is 11.2. The van der Waals surface area contributed by atoms with Gasteiger partial charge in [-0.25, -0.2) is 0 Å². The first-order valence-electron chi connectivity index (χ1n) is 13.7.